The predicted octanol–water partition coefficient (Wildman–Crippen LogP) is 3.39. The van der Waals surface area contributed by atoms with E-state index in [4.69, 9.17) is 0 Å². The molecule has 1 N–H and O–H groups in total. The van der Waals surface area contributed by atoms with Gasteiger partial charge in [0.15, 0.2) is 0 Å². The lowest BCUT2D eigenvalue weighted by Gasteiger charge is -2.24. The van der Waals surface area contributed by atoms with E-state index in [0.29, 0.717) is 5.91 Å². The molecule has 0 spiro atoms. The SMILES string of the molecule is CCCC1NC(c2ccc(C)cc2)N(CCC2CC2)C1=O. The highest BCUT2D eigenvalue weighted by atomic mass is 16.2. The molecular formula is C18H26N2O. The maximum atomic E-state index is 12.6. The Kier molecular flexibility index (Phi) is 4.29. The molecule has 1 aromatic carbocycles. The van der Waals surface area contributed by atoms with Crippen molar-refractivity contribution in [3.63, 3.8) is 0 Å². The summed E-state index contributed by atoms with van der Waals surface area (Å²) in [6, 6.07) is 8.57. The van der Waals surface area contributed by atoms with Crippen molar-refractivity contribution in [3.05, 3.63) is 35.4 Å². The molecule has 21 heavy (non-hydrogen) atoms. The number of carbonyl (C=O) groups is 1. The van der Waals surface area contributed by atoms with E-state index in [2.05, 4.69) is 48.3 Å². The van der Waals surface area contributed by atoms with E-state index >= 15 is 0 Å². The van der Waals surface area contributed by atoms with E-state index in [1.807, 2.05) is 0 Å². The Labute approximate surface area is 127 Å². The zero-order valence-electron chi connectivity index (χ0n) is 13.1. The van der Waals surface area contributed by atoms with Gasteiger partial charge in [-0.25, -0.2) is 0 Å². The largest absolute Gasteiger partial charge is 0.322 e. The van der Waals surface area contributed by atoms with Crippen molar-refractivity contribution in [2.75, 3.05) is 6.54 Å². The summed E-state index contributed by atoms with van der Waals surface area (Å²) in [6.45, 7) is 5.14. The van der Waals surface area contributed by atoms with Crippen LogP contribution in [0.5, 0.6) is 0 Å². The topological polar surface area (TPSA) is 32.3 Å². The van der Waals surface area contributed by atoms with Gasteiger partial charge in [0.1, 0.15) is 6.17 Å². The molecule has 114 valence electrons. The molecule has 1 aliphatic heterocycles. The first-order valence-corrected chi connectivity index (χ1v) is 8.32. The number of nitrogens with one attached hydrogen (secondary N) is 1. The molecule has 2 aliphatic rings. The van der Waals surface area contributed by atoms with Gasteiger partial charge in [-0.2, -0.15) is 0 Å². The van der Waals surface area contributed by atoms with Gasteiger partial charge in [-0.3, -0.25) is 10.1 Å². The van der Waals surface area contributed by atoms with Gasteiger partial charge in [0, 0.05) is 6.54 Å². The molecule has 0 radical (unpaired) electrons. The standard InChI is InChI=1S/C18H26N2O/c1-3-4-16-18(21)20(12-11-14-7-8-14)17(19-16)15-9-5-13(2)6-10-15/h5-6,9-10,14,16-17,19H,3-4,7-8,11-12H2,1-2H3. The number of amides is 1. The lowest BCUT2D eigenvalue weighted by atomic mass is 10.1. The molecule has 0 aromatic heterocycles. The third kappa shape index (κ3) is 3.29. The molecule has 1 saturated carbocycles. The fourth-order valence-electron chi connectivity index (χ4n) is 3.17. The minimum Gasteiger partial charge on any atom is -0.322 e. The van der Waals surface area contributed by atoms with Gasteiger partial charge in [-0.1, -0.05) is 56.0 Å². The minimum atomic E-state index is 0.000469. The molecule has 3 nitrogen and oxygen atoms in total. The molecule has 2 unspecified atom stereocenters. The molecule has 1 amide bonds. The Balaban J connectivity index is 1.76. The van der Waals surface area contributed by atoms with Gasteiger partial charge in [-0.05, 0) is 31.2 Å². The summed E-state index contributed by atoms with van der Waals surface area (Å²) in [6.07, 6.45) is 5.90. The fourth-order valence-corrected chi connectivity index (χ4v) is 3.17. The molecule has 3 rings (SSSR count). The average Bonchev–Trinajstić information content (AvgIpc) is 3.25. The van der Waals surface area contributed by atoms with Crippen LogP contribution in [-0.4, -0.2) is 23.4 Å². The van der Waals surface area contributed by atoms with Crippen molar-refractivity contribution < 1.29 is 4.79 Å². The van der Waals surface area contributed by atoms with Gasteiger partial charge in [0.05, 0.1) is 6.04 Å². The first kappa shape index (κ1) is 14.6. The van der Waals surface area contributed by atoms with Crippen LogP contribution in [0.2, 0.25) is 0 Å². The molecule has 2 fully saturated rings. The summed E-state index contributed by atoms with van der Waals surface area (Å²) >= 11 is 0. The first-order valence-electron chi connectivity index (χ1n) is 8.32. The van der Waals surface area contributed by atoms with E-state index < -0.39 is 0 Å². The van der Waals surface area contributed by atoms with Crippen molar-refractivity contribution in [2.24, 2.45) is 5.92 Å². The summed E-state index contributed by atoms with van der Waals surface area (Å²) in [4.78, 5) is 14.7. The highest BCUT2D eigenvalue weighted by Crippen LogP contribution is 2.35. The van der Waals surface area contributed by atoms with Crippen LogP contribution in [0.25, 0.3) is 0 Å². The normalized spacial score (nSPS) is 25.6. The fraction of sp³-hybridized carbons (Fsp3) is 0.611. The highest BCUT2D eigenvalue weighted by Gasteiger charge is 2.39. The second-order valence-electron chi connectivity index (χ2n) is 6.58. The number of rotatable bonds is 6. The lowest BCUT2D eigenvalue weighted by molar-refractivity contribution is -0.130. The number of carbonyl (C=O) groups excluding carboxylic acids is 1. The van der Waals surface area contributed by atoms with Crippen LogP contribution in [0.15, 0.2) is 24.3 Å². The van der Waals surface area contributed by atoms with Gasteiger partial charge < -0.3 is 4.90 Å². The highest BCUT2D eigenvalue weighted by molar-refractivity contribution is 5.84. The molecule has 1 saturated heterocycles. The second kappa shape index (κ2) is 6.18. The number of benzene rings is 1. The number of nitrogens with zero attached hydrogens (tertiary/aromatic N) is 1. The molecule has 0 bridgehead atoms. The van der Waals surface area contributed by atoms with E-state index in [9.17, 15) is 4.79 Å². The van der Waals surface area contributed by atoms with Crippen LogP contribution >= 0.6 is 0 Å². The summed E-state index contributed by atoms with van der Waals surface area (Å²) < 4.78 is 0. The Morgan fingerprint density at radius 3 is 2.52 bits per heavy atom. The van der Waals surface area contributed by atoms with Crippen LogP contribution in [0.4, 0.5) is 0 Å². The number of hydrogen-bond donors (Lipinski definition) is 1. The van der Waals surface area contributed by atoms with Crippen LogP contribution in [0.1, 0.15) is 56.3 Å². The third-order valence-electron chi connectivity index (χ3n) is 4.70. The monoisotopic (exact) mass is 286 g/mol. The van der Waals surface area contributed by atoms with E-state index in [1.54, 1.807) is 0 Å². The van der Waals surface area contributed by atoms with Gasteiger partial charge >= 0.3 is 0 Å². The van der Waals surface area contributed by atoms with Crippen LogP contribution < -0.4 is 5.32 Å². The van der Waals surface area contributed by atoms with Gasteiger partial charge in [-0.15, -0.1) is 0 Å². The van der Waals surface area contributed by atoms with Gasteiger partial charge in [0.2, 0.25) is 5.91 Å². The van der Waals surface area contributed by atoms with E-state index in [0.717, 1.165) is 31.7 Å². The Hall–Kier alpha value is -1.35. The van der Waals surface area contributed by atoms with Crippen molar-refractivity contribution in [1.82, 2.24) is 10.2 Å². The minimum absolute atomic E-state index is 0.000469. The Morgan fingerprint density at radius 2 is 1.90 bits per heavy atom. The van der Waals surface area contributed by atoms with E-state index in [1.165, 1.54) is 24.0 Å². The zero-order chi connectivity index (χ0) is 14.8. The van der Waals surface area contributed by atoms with Crippen molar-refractivity contribution in [1.29, 1.82) is 0 Å². The molecule has 1 heterocycles. The lowest BCUT2D eigenvalue weighted by Crippen LogP contribution is -2.32. The van der Waals surface area contributed by atoms with Crippen LogP contribution in [0, 0.1) is 12.8 Å². The molecule has 3 heteroatoms. The van der Waals surface area contributed by atoms with Gasteiger partial charge in [0.25, 0.3) is 0 Å². The zero-order valence-corrected chi connectivity index (χ0v) is 13.1. The summed E-state index contributed by atoms with van der Waals surface area (Å²) in [5.74, 6) is 1.16. The Bertz CT molecular complexity index is 492. The summed E-state index contributed by atoms with van der Waals surface area (Å²) in [5.41, 5.74) is 2.47. The number of hydrogen-bond acceptors (Lipinski definition) is 2. The Morgan fingerprint density at radius 1 is 1.19 bits per heavy atom. The molecule has 1 aliphatic carbocycles. The van der Waals surface area contributed by atoms with E-state index in [-0.39, 0.29) is 12.2 Å². The summed E-state index contributed by atoms with van der Waals surface area (Å²) in [5, 5.41) is 3.55. The molecule has 1 aromatic rings. The molecule has 2 atom stereocenters. The van der Waals surface area contributed by atoms with Crippen LogP contribution in [0.3, 0.4) is 0 Å². The third-order valence-corrected chi connectivity index (χ3v) is 4.70. The quantitative estimate of drug-likeness (QED) is 0.869. The average molecular weight is 286 g/mol. The first-order chi connectivity index (χ1) is 10.2. The smallest absolute Gasteiger partial charge is 0.241 e. The number of aryl methyl sites for hydroxylation is 1. The second-order valence-corrected chi connectivity index (χ2v) is 6.58. The maximum absolute atomic E-state index is 12.6. The summed E-state index contributed by atoms with van der Waals surface area (Å²) in [7, 11) is 0. The molecular weight excluding hydrogens is 260 g/mol. The predicted molar refractivity (Wildman–Crippen MR) is 84.8 cm³/mol. The van der Waals surface area contributed by atoms with Crippen molar-refractivity contribution >= 4 is 5.91 Å². The maximum Gasteiger partial charge on any atom is 0.241 e. The van der Waals surface area contributed by atoms with Crippen molar-refractivity contribution in [3.8, 4) is 0 Å². The van der Waals surface area contributed by atoms with Crippen molar-refractivity contribution in [2.45, 2.75) is 58.2 Å². The van der Waals surface area contributed by atoms with Crippen LogP contribution in [-0.2, 0) is 4.79 Å².